The van der Waals surface area contributed by atoms with Crippen LogP contribution in [0.15, 0.2) is 10.7 Å². The van der Waals surface area contributed by atoms with Crippen LogP contribution in [-0.4, -0.2) is 29.0 Å². The number of nitro groups is 1. The van der Waals surface area contributed by atoms with Crippen molar-refractivity contribution in [2.45, 2.75) is 32.7 Å². The molecule has 0 saturated carbocycles. The van der Waals surface area contributed by atoms with Gasteiger partial charge in [-0.3, -0.25) is 10.1 Å². The van der Waals surface area contributed by atoms with Crippen molar-refractivity contribution in [3.63, 3.8) is 0 Å². The van der Waals surface area contributed by atoms with E-state index >= 15 is 0 Å². The Morgan fingerprint density at radius 3 is 3.00 bits per heavy atom. The zero-order valence-electron chi connectivity index (χ0n) is 11.6. The van der Waals surface area contributed by atoms with Gasteiger partial charge in [0.2, 0.25) is 0 Å². The average Bonchev–Trinajstić information content (AvgIpc) is 2.44. The van der Waals surface area contributed by atoms with E-state index in [0.717, 1.165) is 13.1 Å². The van der Waals surface area contributed by atoms with Gasteiger partial charge in [0.25, 0.3) is 5.69 Å². The smallest absolute Gasteiger partial charge is 0.291 e. The lowest BCUT2D eigenvalue weighted by Crippen LogP contribution is -2.39. The number of rotatable bonds is 4. The lowest BCUT2D eigenvalue weighted by atomic mass is 9.93. The Morgan fingerprint density at radius 2 is 2.40 bits per heavy atom. The highest BCUT2D eigenvalue weighted by Crippen LogP contribution is 2.31. The third-order valence-corrected chi connectivity index (χ3v) is 4.81. The minimum atomic E-state index is -0.411. The summed E-state index contributed by atoms with van der Waals surface area (Å²) in [5, 5.41) is 17.6. The topological polar surface area (TPSA) is 80.1 Å². The quantitative estimate of drug-likeness (QED) is 0.649. The predicted molar refractivity (Wildman–Crippen MR) is 82.0 cm³/mol. The fourth-order valence-corrected chi connectivity index (χ4v) is 2.91. The molecule has 0 aromatic carbocycles. The van der Waals surface area contributed by atoms with E-state index in [1.807, 2.05) is 0 Å². The third kappa shape index (κ3) is 3.27. The Morgan fingerprint density at radius 1 is 1.65 bits per heavy atom. The monoisotopic (exact) mass is 342 g/mol. The number of hydrogen-bond donors (Lipinski definition) is 2. The fraction of sp³-hybridized carbons (Fsp3) is 0.615. The van der Waals surface area contributed by atoms with Crippen molar-refractivity contribution in [3.05, 3.63) is 26.3 Å². The summed E-state index contributed by atoms with van der Waals surface area (Å²) in [6.45, 7) is 5.93. The normalized spacial score (nSPS) is 20.4. The zero-order valence-corrected chi connectivity index (χ0v) is 13.2. The van der Waals surface area contributed by atoms with Crippen LogP contribution in [0.4, 0.5) is 11.5 Å². The molecule has 6 nitrogen and oxygen atoms in total. The molecule has 1 aliphatic rings. The Kier molecular flexibility index (Phi) is 4.93. The summed E-state index contributed by atoms with van der Waals surface area (Å²) < 4.78 is 0.669. The second-order valence-electron chi connectivity index (χ2n) is 5.23. The number of halogens is 1. The summed E-state index contributed by atoms with van der Waals surface area (Å²) in [6.07, 6.45) is 3.68. The Bertz CT molecular complexity index is 503. The molecule has 2 rings (SSSR count). The summed E-state index contributed by atoms with van der Waals surface area (Å²) >= 11 is 3.41. The van der Waals surface area contributed by atoms with Crippen LogP contribution in [0.3, 0.4) is 0 Å². The number of piperidine rings is 1. The molecule has 0 aliphatic carbocycles. The lowest BCUT2D eigenvalue weighted by Gasteiger charge is -2.29. The third-order valence-electron chi connectivity index (χ3n) is 3.84. The SMILES string of the molecule is Cc1c([N+](=O)[O-])cnc(NC(C)C2CCCNC2)c1Br. The molecular formula is C13H19BrN4O2. The summed E-state index contributed by atoms with van der Waals surface area (Å²) in [6, 6.07) is 0.271. The summed E-state index contributed by atoms with van der Waals surface area (Å²) in [5.41, 5.74) is 0.635. The second kappa shape index (κ2) is 6.49. The maximum atomic E-state index is 10.9. The van der Waals surface area contributed by atoms with Gasteiger partial charge in [0.05, 0.1) is 9.40 Å². The fourth-order valence-electron chi connectivity index (χ4n) is 2.49. The summed E-state index contributed by atoms with van der Waals surface area (Å²) in [4.78, 5) is 14.6. The molecule has 1 aromatic heterocycles. The molecular weight excluding hydrogens is 324 g/mol. The summed E-state index contributed by atoms with van der Waals surface area (Å²) in [7, 11) is 0. The molecule has 2 unspecified atom stereocenters. The highest BCUT2D eigenvalue weighted by atomic mass is 79.9. The summed E-state index contributed by atoms with van der Waals surface area (Å²) in [5.74, 6) is 1.22. The molecule has 110 valence electrons. The van der Waals surface area contributed by atoms with Crippen molar-refractivity contribution in [1.29, 1.82) is 0 Å². The first-order valence-electron chi connectivity index (χ1n) is 6.77. The van der Waals surface area contributed by atoms with Crippen molar-refractivity contribution >= 4 is 27.4 Å². The molecule has 1 aromatic rings. The average molecular weight is 343 g/mol. The van der Waals surface area contributed by atoms with Gasteiger partial charge in [0.1, 0.15) is 12.0 Å². The maximum Gasteiger partial charge on any atom is 0.291 e. The minimum absolute atomic E-state index is 0.0365. The number of aromatic nitrogens is 1. The molecule has 0 radical (unpaired) electrons. The van der Waals surface area contributed by atoms with E-state index in [2.05, 4.69) is 38.5 Å². The maximum absolute atomic E-state index is 10.9. The molecule has 7 heteroatoms. The van der Waals surface area contributed by atoms with Gasteiger partial charge in [-0.05, 0) is 61.6 Å². The largest absolute Gasteiger partial charge is 0.366 e. The van der Waals surface area contributed by atoms with Crippen molar-refractivity contribution in [3.8, 4) is 0 Å². The van der Waals surface area contributed by atoms with E-state index in [-0.39, 0.29) is 11.7 Å². The van der Waals surface area contributed by atoms with Crippen molar-refractivity contribution in [1.82, 2.24) is 10.3 Å². The number of pyridine rings is 1. The van der Waals surface area contributed by atoms with Crippen LogP contribution in [-0.2, 0) is 0 Å². The number of anilines is 1. The van der Waals surface area contributed by atoms with Gasteiger partial charge in [-0.2, -0.15) is 0 Å². The van der Waals surface area contributed by atoms with Gasteiger partial charge in [0, 0.05) is 11.6 Å². The van der Waals surface area contributed by atoms with Crippen LogP contribution >= 0.6 is 15.9 Å². The molecule has 0 spiro atoms. The Balaban J connectivity index is 2.13. The van der Waals surface area contributed by atoms with Crippen LogP contribution in [0, 0.1) is 23.0 Å². The number of hydrogen-bond acceptors (Lipinski definition) is 5. The van der Waals surface area contributed by atoms with Gasteiger partial charge in [0.15, 0.2) is 0 Å². The molecule has 0 bridgehead atoms. The van der Waals surface area contributed by atoms with Gasteiger partial charge in [-0.25, -0.2) is 4.98 Å². The van der Waals surface area contributed by atoms with E-state index in [1.165, 1.54) is 19.0 Å². The Hall–Kier alpha value is -1.21. The molecule has 2 heterocycles. The van der Waals surface area contributed by atoms with E-state index in [9.17, 15) is 10.1 Å². The van der Waals surface area contributed by atoms with Gasteiger partial charge < -0.3 is 10.6 Å². The van der Waals surface area contributed by atoms with Crippen LogP contribution < -0.4 is 10.6 Å². The minimum Gasteiger partial charge on any atom is -0.366 e. The highest BCUT2D eigenvalue weighted by molar-refractivity contribution is 9.10. The van der Waals surface area contributed by atoms with E-state index in [0.29, 0.717) is 21.8 Å². The first-order valence-corrected chi connectivity index (χ1v) is 7.56. The van der Waals surface area contributed by atoms with E-state index in [4.69, 9.17) is 0 Å². The molecule has 20 heavy (non-hydrogen) atoms. The van der Waals surface area contributed by atoms with Crippen molar-refractivity contribution in [2.75, 3.05) is 18.4 Å². The van der Waals surface area contributed by atoms with Gasteiger partial charge in [-0.15, -0.1) is 0 Å². The molecule has 1 fully saturated rings. The first-order chi connectivity index (χ1) is 9.50. The van der Waals surface area contributed by atoms with Crippen LogP contribution in [0.5, 0.6) is 0 Å². The molecule has 1 aliphatic heterocycles. The number of nitrogens with zero attached hydrogens (tertiary/aromatic N) is 2. The predicted octanol–water partition coefficient (Wildman–Crippen LogP) is 2.86. The Labute approximate surface area is 126 Å². The van der Waals surface area contributed by atoms with Crippen LogP contribution in [0.2, 0.25) is 0 Å². The molecule has 1 saturated heterocycles. The zero-order chi connectivity index (χ0) is 14.7. The first kappa shape index (κ1) is 15.2. The highest BCUT2D eigenvalue weighted by Gasteiger charge is 2.22. The molecule has 2 N–H and O–H groups in total. The van der Waals surface area contributed by atoms with Crippen LogP contribution in [0.1, 0.15) is 25.3 Å². The van der Waals surface area contributed by atoms with Gasteiger partial charge in [-0.1, -0.05) is 0 Å². The van der Waals surface area contributed by atoms with Gasteiger partial charge >= 0.3 is 0 Å². The molecule has 0 amide bonds. The number of nitrogens with one attached hydrogen (secondary N) is 2. The van der Waals surface area contributed by atoms with Crippen LogP contribution in [0.25, 0.3) is 0 Å². The van der Waals surface area contributed by atoms with E-state index in [1.54, 1.807) is 6.92 Å². The van der Waals surface area contributed by atoms with Crippen molar-refractivity contribution < 1.29 is 4.92 Å². The second-order valence-corrected chi connectivity index (χ2v) is 6.02. The lowest BCUT2D eigenvalue weighted by molar-refractivity contribution is -0.385. The van der Waals surface area contributed by atoms with Crippen molar-refractivity contribution in [2.24, 2.45) is 5.92 Å². The molecule has 2 atom stereocenters. The van der Waals surface area contributed by atoms with E-state index < -0.39 is 4.92 Å². The standard InChI is InChI=1S/C13H19BrN4O2/c1-8-11(18(19)20)7-16-13(12(8)14)17-9(2)10-4-3-5-15-6-10/h7,9-10,15H,3-6H2,1-2H3,(H,16,17).